The van der Waals surface area contributed by atoms with Gasteiger partial charge in [0.2, 0.25) is 0 Å². The second-order valence-electron chi connectivity index (χ2n) is 6.28. The summed E-state index contributed by atoms with van der Waals surface area (Å²) in [6.07, 6.45) is 1.12. The van der Waals surface area contributed by atoms with Crippen molar-refractivity contribution in [2.45, 2.75) is 60.8 Å². The number of hydrogen-bond acceptors (Lipinski definition) is 2. The smallest absolute Gasteiger partial charge is 0.159 e. The second kappa shape index (κ2) is 13.5. The summed E-state index contributed by atoms with van der Waals surface area (Å²) in [6, 6.07) is 8.01. The van der Waals surface area contributed by atoms with E-state index >= 15 is 0 Å². The molecular formula is C20H37NO. The maximum absolute atomic E-state index is 11.2. The number of carbonyl (C=O) groups excluding carboxylic acids is 1. The molecule has 0 saturated heterocycles. The molecule has 1 aromatic carbocycles. The number of nitrogens with zero attached hydrogens (tertiary/aromatic N) is 1. The van der Waals surface area contributed by atoms with Crippen molar-refractivity contribution in [2.24, 2.45) is 5.92 Å². The maximum atomic E-state index is 11.2. The van der Waals surface area contributed by atoms with E-state index in [1.807, 2.05) is 26.0 Å². The van der Waals surface area contributed by atoms with Crippen LogP contribution in [-0.4, -0.2) is 31.3 Å². The molecule has 1 rings (SSSR count). The Labute approximate surface area is 138 Å². The molecule has 0 saturated carbocycles. The summed E-state index contributed by atoms with van der Waals surface area (Å²) < 4.78 is 0. The van der Waals surface area contributed by atoms with Gasteiger partial charge in [0.05, 0.1) is 0 Å². The highest BCUT2D eigenvalue weighted by Gasteiger charge is 2.10. The third kappa shape index (κ3) is 11.5. The Morgan fingerprint density at radius 2 is 1.45 bits per heavy atom. The molecule has 128 valence electrons. The molecule has 0 aliphatic heterocycles. The largest absolute Gasteiger partial charge is 0.309 e. The highest BCUT2D eigenvalue weighted by molar-refractivity contribution is 5.94. The van der Waals surface area contributed by atoms with Gasteiger partial charge < -0.3 is 4.90 Å². The van der Waals surface area contributed by atoms with Crippen molar-refractivity contribution >= 4 is 5.78 Å². The molecule has 1 aromatic rings. The number of likely N-dealkylation sites (N-methyl/N-ethyl adjacent to an activating group) is 1. The first-order chi connectivity index (χ1) is 10.3. The Kier molecular flexibility index (Phi) is 14.2. The lowest BCUT2D eigenvalue weighted by Crippen LogP contribution is -2.19. The predicted octanol–water partition coefficient (Wildman–Crippen LogP) is 5.63. The minimum atomic E-state index is 0.132. The fraction of sp³-hybridized carbons (Fsp3) is 0.650. The van der Waals surface area contributed by atoms with Gasteiger partial charge in [0.15, 0.2) is 5.78 Å². The van der Waals surface area contributed by atoms with Crippen LogP contribution in [0.25, 0.3) is 0 Å². The van der Waals surface area contributed by atoms with Crippen LogP contribution < -0.4 is 0 Å². The minimum Gasteiger partial charge on any atom is -0.309 e. The molecule has 0 spiro atoms. The van der Waals surface area contributed by atoms with Crippen LogP contribution >= 0.6 is 0 Å². The van der Waals surface area contributed by atoms with Crippen molar-refractivity contribution in [1.82, 2.24) is 4.90 Å². The summed E-state index contributed by atoms with van der Waals surface area (Å²) in [5.41, 5.74) is 2.12. The lowest BCUT2D eigenvalue weighted by atomic mass is 9.95. The highest BCUT2D eigenvalue weighted by Crippen LogP contribution is 2.20. The lowest BCUT2D eigenvalue weighted by molar-refractivity contribution is 0.101. The summed E-state index contributed by atoms with van der Waals surface area (Å²) in [4.78, 5) is 13.4. The van der Waals surface area contributed by atoms with Crippen molar-refractivity contribution < 1.29 is 4.79 Å². The summed E-state index contributed by atoms with van der Waals surface area (Å²) in [5, 5.41) is 0. The normalized spacial score (nSPS) is 11.2. The quantitative estimate of drug-likeness (QED) is 0.657. The van der Waals surface area contributed by atoms with Gasteiger partial charge in [0.25, 0.3) is 0 Å². The average Bonchev–Trinajstić information content (AvgIpc) is 2.46. The predicted molar refractivity (Wildman–Crippen MR) is 99.9 cm³/mol. The van der Waals surface area contributed by atoms with Gasteiger partial charge in [0.1, 0.15) is 0 Å². The Hall–Kier alpha value is -1.15. The van der Waals surface area contributed by atoms with E-state index in [1.54, 1.807) is 6.92 Å². The molecule has 2 nitrogen and oxygen atoms in total. The number of benzene rings is 1. The topological polar surface area (TPSA) is 20.3 Å². The van der Waals surface area contributed by atoms with E-state index in [0.717, 1.165) is 24.4 Å². The number of rotatable bonds is 5. The summed E-state index contributed by atoms with van der Waals surface area (Å²) in [7, 11) is 4.18. The van der Waals surface area contributed by atoms with Crippen LogP contribution in [0.2, 0.25) is 0 Å². The van der Waals surface area contributed by atoms with Crippen LogP contribution in [0.15, 0.2) is 24.3 Å². The van der Waals surface area contributed by atoms with Gasteiger partial charge in [-0.3, -0.25) is 4.79 Å². The van der Waals surface area contributed by atoms with Gasteiger partial charge in [-0.1, -0.05) is 65.8 Å². The van der Waals surface area contributed by atoms with E-state index < -0.39 is 0 Å². The van der Waals surface area contributed by atoms with Crippen LogP contribution in [0, 0.1) is 5.92 Å². The van der Waals surface area contributed by atoms with Crippen molar-refractivity contribution in [3.05, 3.63) is 35.4 Å². The number of ketones is 1. The fourth-order valence-electron chi connectivity index (χ4n) is 1.90. The molecule has 22 heavy (non-hydrogen) atoms. The first-order valence-corrected chi connectivity index (χ1v) is 8.53. The van der Waals surface area contributed by atoms with Gasteiger partial charge in [-0.25, -0.2) is 0 Å². The van der Waals surface area contributed by atoms with Crippen LogP contribution in [0.1, 0.15) is 76.7 Å². The molecule has 0 aliphatic carbocycles. The van der Waals surface area contributed by atoms with Crippen molar-refractivity contribution in [1.29, 1.82) is 0 Å². The molecule has 2 heteroatoms. The molecule has 0 N–H and O–H groups in total. The van der Waals surface area contributed by atoms with E-state index in [-0.39, 0.29) is 5.78 Å². The first kappa shape index (κ1) is 23.1. The summed E-state index contributed by atoms with van der Waals surface area (Å²) >= 11 is 0. The zero-order valence-corrected chi connectivity index (χ0v) is 16.2. The maximum Gasteiger partial charge on any atom is 0.159 e. The van der Waals surface area contributed by atoms with Gasteiger partial charge in [-0.05, 0) is 44.8 Å². The highest BCUT2D eigenvalue weighted by atomic mass is 16.1. The molecule has 0 bridgehead atoms. The standard InChI is InChI=1S/C14H21NO.C4H10.C2H6/c1-5-12(10-15(3)4)14-8-6-13(7-9-14)11(2)16;1-4(2)3;1-2/h6-9,12H,5,10H2,1-4H3;4H,1-3H3;1-2H3. The van der Waals surface area contributed by atoms with Crippen LogP contribution in [0.3, 0.4) is 0 Å². The molecule has 0 radical (unpaired) electrons. The Bertz CT molecular complexity index is 376. The zero-order chi connectivity index (χ0) is 17.7. The average molecular weight is 308 g/mol. The number of hydrogen-bond donors (Lipinski definition) is 0. The third-order valence-electron chi connectivity index (χ3n) is 2.87. The number of Topliss-reactive ketones (excluding diaryl/α,β-unsaturated/α-hetero) is 1. The van der Waals surface area contributed by atoms with Gasteiger partial charge in [-0.2, -0.15) is 0 Å². The van der Waals surface area contributed by atoms with E-state index in [1.165, 1.54) is 5.56 Å². The van der Waals surface area contributed by atoms with E-state index in [4.69, 9.17) is 0 Å². The van der Waals surface area contributed by atoms with Crippen molar-refractivity contribution in [3.63, 3.8) is 0 Å². The summed E-state index contributed by atoms with van der Waals surface area (Å²) in [6.45, 7) is 15.4. The monoisotopic (exact) mass is 307 g/mol. The molecule has 0 aromatic heterocycles. The molecule has 0 aliphatic rings. The van der Waals surface area contributed by atoms with E-state index in [2.05, 4.69) is 58.8 Å². The van der Waals surface area contributed by atoms with Crippen LogP contribution in [0.5, 0.6) is 0 Å². The first-order valence-electron chi connectivity index (χ1n) is 8.53. The molecule has 1 atom stereocenters. The Balaban J connectivity index is 0. The third-order valence-corrected chi connectivity index (χ3v) is 2.87. The molecule has 0 heterocycles. The van der Waals surface area contributed by atoms with Crippen molar-refractivity contribution in [3.8, 4) is 0 Å². The van der Waals surface area contributed by atoms with Gasteiger partial charge in [-0.15, -0.1) is 0 Å². The minimum absolute atomic E-state index is 0.132. The van der Waals surface area contributed by atoms with Crippen LogP contribution in [0.4, 0.5) is 0 Å². The van der Waals surface area contributed by atoms with Gasteiger partial charge in [0, 0.05) is 12.1 Å². The van der Waals surface area contributed by atoms with Gasteiger partial charge >= 0.3 is 0 Å². The zero-order valence-electron chi connectivity index (χ0n) is 16.2. The lowest BCUT2D eigenvalue weighted by Gasteiger charge is -2.20. The SMILES string of the molecule is CC.CC(C)C.CCC(CN(C)C)c1ccc(C(C)=O)cc1. The molecule has 1 unspecified atom stereocenters. The molecular weight excluding hydrogens is 270 g/mol. The molecule has 0 amide bonds. The second-order valence-corrected chi connectivity index (χ2v) is 6.28. The Morgan fingerprint density at radius 3 is 1.73 bits per heavy atom. The molecule has 0 fully saturated rings. The summed E-state index contributed by atoms with van der Waals surface area (Å²) in [5.74, 6) is 1.52. The van der Waals surface area contributed by atoms with Crippen LogP contribution in [-0.2, 0) is 0 Å². The Morgan fingerprint density at radius 1 is 1.05 bits per heavy atom. The fourth-order valence-corrected chi connectivity index (χ4v) is 1.90. The van der Waals surface area contributed by atoms with Crippen molar-refractivity contribution in [2.75, 3.05) is 20.6 Å². The van der Waals surface area contributed by atoms with E-state index in [0.29, 0.717) is 5.92 Å². The number of carbonyl (C=O) groups is 1. The van der Waals surface area contributed by atoms with E-state index in [9.17, 15) is 4.79 Å².